The molecular formula is C23H25F4N5O4. The summed E-state index contributed by atoms with van der Waals surface area (Å²) in [5.41, 5.74) is 0.616. The number of carboxylic acid groups (broad SMARTS) is 1. The fourth-order valence-corrected chi connectivity index (χ4v) is 4.13. The normalized spacial score (nSPS) is 17.2. The van der Waals surface area contributed by atoms with Crippen LogP contribution in [0.1, 0.15) is 23.3 Å². The molecule has 3 N–H and O–H groups in total. The molecule has 3 heterocycles. The predicted octanol–water partition coefficient (Wildman–Crippen LogP) is 2.01. The summed E-state index contributed by atoms with van der Waals surface area (Å²) in [5, 5.41) is 12.9. The number of anilines is 1. The highest BCUT2D eigenvalue weighted by molar-refractivity contribution is 5.93. The first kappa shape index (κ1) is 26.9. The van der Waals surface area contributed by atoms with Gasteiger partial charge in [0, 0.05) is 31.9 Å². The molecule has 0 atom stereocenters. The zero-order chi connectivity index (χ0) is 26.3. The maximum absolute atomic E-state index is 13.1. The second-order valence-corrected chi connectivity index (χ2v) is 8.21. The molecule has 13 heteroatoms. The molecule has 0 saturated carbocycles. The van der Waals surface area contributed by atoms with Crippen molar-refractivity contribution in [1.82, 2.24) is 20.5 Å². The van der Waals surface area contributed by atoms with Gasteiger partial charge in [0.2, 0.25) is 11.9 Å². The first-order valence-electron chi connectivity index (χ1n) is 11.1. The van der Waals surface area contributed by atoms with Gasteiger partial charge in [0.05, 0.1) is 6.67 Å². The molecule has 4 rings (SSSR count). The number of alkyl halides is 3. The van der Waals surface area contributed by atoms with Gasteiger partial charge in [-0.05, 0) is 37.1 Å². The highest BCUT2D eigenvalue weighted by Crippen LogP contribution is 2.35. The summed E-state index contributed by atoms with van der Waals surface area (Å²) >= 11 is 0. The Kier molecular flexibility index (Phi) is 8.45. The Morgan fingerprint density at radius 2 is 1.72 bits per heavy atom. The lowest BCUT2D eigenvalue weighted by Crippen LogP contribution is -2.57. The van der Waals surface area contributed by atoms with Crippen molar-refractivity contribution in [2.75, 3.05) is 37.7 Å². The van der Waals surface area contributed by atoms with Crippen molar-refractivity contribution in [2.24, 2.45) is 0 Å². The fraction of sp³-hybridized carbons (Fsp3) is 0.391. The molecule has 2 amide bonds. The summed E-state index contributed by atoms with van der Waals surface area (Å²) in [7, 11) is 0. The average Bonchev–Trinajstić information content (AvgIpc) is 3.16. The number of carbonyl (C=O) groups is 3. The second kappa shape index (κ2) is 11.3. The van der Waals surface area contributed by atoms with Gasteiger partial charge < -0.3 is 25.5 Å². The molecule has 9 nitrogen and oxygen atoms in total. The molecule has 2 aromatic rings. The molecule has 1 aromatic heterocycles. The molecule has 2 aliphatic rings. The van der Waals surface area contributed by atoms with Crippen LogP contribution < -0.4 is 15.5 Å². The molecule has 0 unspecified atom stereocenters. The second-order valence-electron chi connectivity index (χ2n) is 8.21. The number of benzene rings is 1. The van der Waals surface area contributed by atoms with Crippen molar-refractivity contribution in [3.8, 4) is 0 Å². The van der Waals surface area contributed by atoms with E-state index in [0.717, 1.165) is 31.6 Å². The zero-order valence-electron chi connectivity index (χ0n) is 19.1. The van der Waals surface area contributed by atoms with Gasteiger partial charge in [0.1, 0.15) is 11.2 Å². The third-order valence-corrected chi connectivity index (χ3v) is 5.99. The van der Waals surface area contributed by atoms with Gasteiger partial charge in [-0.3, -0.25) is 9.59 Å². The number of hydrogen-bond acceptors (Lipinski definition) is 6. The van der Waals surface area contributed by atoms with Crippen LogP contribution >= 0.6 is 0 Å². The van der Waals surface area contributed by atoms with Crippen molar-refractivity contribution in [2.45, 2.75) is 24.6 Å². The Balaban J connectivity index is 0.000000454. The molecule has 0 aliphatic carbocycles. The average molecular weight is 511 g/mol. The van der Waals surface area contributed by atoms with E-state index in [1.807, 2.05) is 30.3 Å². The van der Waals surface area contributed by atoms with Crippen molar-refractivity contribution in [3.05, 3.63) is 60.2 Å². The van der Waals surface area contributed by atoms with Gasteiger partial charge in [-0.15, -0.1) is 0 Å². The van der Waals surface area contributed by atoms with Crippen LogP contribution in [0.3, 0.4) is 0 Å². The number of aromatic nitrogens is 1. The number of aliphatic carboxylic acids is 1. The molecule has 194 valence electrons. The fourth-order valence-electron chi connectivity index (χ4n) is 4.13. The minimum Gasteiger partial charge on any atom is -0.475 e. The number of likely N-dealkylation sites (tertiary alicyclic amines) is 1. The summed E-state index contributed by atoms with van der Waals surface area (Å²) in [6.45, 7) is 3.18. The van der Waals surface area contributed by atoms with Crippen molar-refractivity contribution >= 4 is 23.5 Å². The lowest BCUT2D eigenvalue weighted by atomic mass is 9.85. The van der Waals surface area contributed by atoms with Crippen LogP contribution in [0.15, 0.2) is 48.5 Å². The van der Waals surface area contributed by atoms with Crippen LogP contribution in [0.2, 0.25) is 0 Å². The highest BCUT2D eigenvalue weighted by atomic mass is 19.4. The van der Waals surface area contributed by atoms with E-state index in [2.05, 4.69) is 25.4 Å². The highest BCUT2D eigenvalue weighted by Gasteiger charge is 2.50. The minimum absolute atomic E-state index is 0.0729. The number of pyridine rings is 1. The third-order valence-electron chi connectivity index (χ3n) is 5.99. The third kappa shape index (κ3) is 6.47. The summed E-state index contributed by atoms with van der Waals surface area (Å²) in [5.74, 6) is -3.72. The van der Waals surface area contributed by atoms with E-state index < -0.39 is 23.6 Å². The smallest absolute Gasteiger partial charge is 0.475 e. The number of halogens is 4. The number of nitrogens with one attached hydrogen (secondary N) is 2. The summed E-state index contributed by atoms with van der Waals surface area (Å²) in [6.07, 6.45) is -3.62. The number of hydrogen-bond donors (Lipinski definition) is 3. The number of carboxylic acids is 1. The van der Waals surface area contributed by atoms with E-state index in [0.29, 0.717) is 19.8 Å². The van der Waals surface area contributed by atoms with Crippen molar-refractivity contribution in [1.29, 1.82) is 0 Å². The Morgan fingerprint density at radius 3 is 2.31 bits per heavy atom. The van der Waals surface area contributed by atoms with E-state index in [9.17, 15) is 27.2 Å². The predicted molar refractivity (Wildman–Crippen MR) is 121 cm³/mol. The van der Waals surface area contributed by atoms with Crippen molar-refractivity contribution < 1.29 is 37.1 Å². The van der Waals surface area contributed by atoms with E-state index in [-0.39, 0.29) is 17.5 Å². The van der Waals surface area contributed by atoms with Gasteiger partial charge in [0.15, 0.2) is 0 Å². The van der Waals surface area contributed by atoms with E-state index in [1.165, 1.54) is 18.2 Å². The number of piperidine rings is 1. The summed E-state index contributed by atoms with van der Waals surface area (Å²) in [6, 6.07) is 14.2. The standard InChI is InChI=1S/C21H24FN5O2.C2HF3O2/c22-18-8-4-7-17(25-18)19(28)23-11-14-26-12-9-21(10-13-26)20(29)24-15-27(21)16-5-2-1-3-6-16;3-2(4,5)1(6)7/h1-8H,9-15H2,(H,23,28)(H,24,29);(H,6,7). The lowest BCUT2D eigenvalue weighted by molar-refractivity contribution is -0.192. The molecule has 0 bridgehead atoms. The van der Waals surface area contributed by atoms with E-state index >= 15 is 0 Å². The zero-order valence-corrected chi connectivity index (χ0v) is 19.1. The molecular weight excluding hydrogens is 486 g/mol. The molecule has 2 aliphatic heterocycles. The quantitative estimate of drug-likeness (QED) is 0.416. The lowest BCUT2D eigenvalue weighted by Gasteiger charge is -2.43. The molecule has 0 radical (unpaired) electrons. The Labute approximate surface area is 204 Å². The topological polar surface area (TPSA) is 115 Å². The maximum atomic E-state index is 13.1. The van der Waals surface area contributed by atoms with Gasteiger partial charge >= 0.3 is 12.1 Å². The van der Waals surface area contributed by atoms with Crippen LogP contribution in [0.5, 0.6) is 0 Å². The van der Waals surface area contributed by atoms with E-state index in [4.69, 9.17) is 9.90 Å². The Hall–Kier alpha value is -3.74. The summed E-state index contributed by atoms with van der Waals surface area (Å²) < 4.78 is 44.9. The van der Waals surface area contributed by atoms with Crippen LogP contribution in [-0.2, 0) is 9.59 Å². The van der Waals surface area contributed by atoms with Crippen LogP contribution in [0.25, 0.3) is 0 Å². The molecule has 1 aromatic carbocycles. The van der Waals surface area contributed by atoms with Gasteiger partial charge in [-0.2, -0.15) is 17.6 Å². The van der Waals surface area contributed by atoms with Crippen LogP contribution in [-0.4, -0.2) is 77.3 Å². The number of amides is 2. The van der Waals surface area contributed by atoms with Crippen LogP contribution in [0.4, 0.5) is 23.2 Å². The SMILES string of the molecule is O=C(NCCN1CCC2(CC1)C(=O)NCN2c1ccccc1)c1cccc(F)n1.O=C(O)C(F)(F)F. The Morgan fingerprint density at radius 1 is 1.08 bits per heavy atom. The first-order valence-corrected chi connectivity index (χ1v) is 11.1. The number of nitrogens with zero attached hydrogens (tertiary/aromatic N) is 3. The van der Waals surface area contributed by atoms with Gasteiger partial charge in [0.25, 0.3) is 5.91 Å². The van der Waals surface area contributed by atoms with Crippen molar-refractivity contribution in [3.63, 3.8) is 0 Å². The molecule has 2 fully saturated rings. The van der Waals surface area contributed by atoms with E-state index in [1.54, 1.807) is 0 Å². The van der Waals surface area contributed by atoms with Gasteiger partial charge in [-0.1, -0.05) is 24.3 Å². The molecule has 1 spiro atoms. The van der Waals surface area contributed by atoms with Crippen LogP contribution in [0, 0.1) is 5.95 Å². The number of rotatable bonds is 5. The molecule has 36 heavy (non-hydrogen) atoms. The Bertz CT molecular complexity index is 1080. The first-order chi connectivity index (χ1) is 17.0. The molecule has 2 saturated heterocycles. The largest absolute Gasteiger partial charge is 0.490 e. The monoisotopic (exact) mass is 511 g/mol. The minimum atomic E-state index is -5.08. The summed E-state index contributed by atoms with van der Waals surface area (Å²) in [4.78, 5) is 41.6. The van der Waals surface area contributed by atoms with Gasteiger partial charge in [-0.25, -0.2) is 9.78 Å². The number of para-hydroxylation sites is 1. The maximum Gasteiger partial charge on any atom is 0.490 e. The number of carbonyl (C=O) groups excluding carboxylic acids is 2.